The minimum Gasteiger partial charge on any atom is -0.341 e. The monoisotopic (exact) mass is 323 g/mol. The van der Waals surface area contributed by atoms with Crippen LogP contribution in [0.1, 0.15) is 19.3 Å². The molecule has 1 aliphatic heterocycles. The molecule has 7 heteroatoms. The third-order valence-corrected chi connectivity index (χ3v) is 3.76. The van der Waals surface area contributed by atoms with Crippen molar-refractivity contribution in [3.63, 3.8) is 0 Å². The van der Waals surface area contributed by atoms with Crippen molar-refractivity contribution in [2.45, 2.75) is 19.3 Å². The van der Waals surface area contributed by atoms with Crippen LogP contribution in [0.15, 0.2) is 24.3 Å². The molecule has 1 aromatic carbocycles. The summed E-state index contributed by atoms with van der Waals surface area (Å²) in [6, 6.07) is 7.33. The van der Waals surface area contributed by atoms with Crippen molar-refractivity contribution in [2.24, 2.45) is 0 Å². The second-order valence-corrected chi connectivity index (χ2v) is 5.68. The number of piperidine rings is 1. The molecule has 21 heavy (non-hydrogen) atoms. The predicted octanol–water partition coefficient (Wildman–Crippen LogP) is 3.91. The summed E-state index contributed by atoms with van der Waals surface area (Å²) >= 11 is 11.9. The Bertz CT molecular complexity index is 611. The molecule has 0 saturated carbocycles. The summed E-state index contributed by atoms with van der Waals surface area (Å²) in [5.74, 6) is 1.07. The van der Waals surface area contributed by atoms with Crippen molar-refractivity contribution in [2.75, 3.05) is 23.3 Å². The molecule has 1 aliphatic rings. The lowest BCUT2D eigenvalue weighted by Gasteiger charge is -2.26. The zero-order valence-electron chi connectivity index (χ0n) is 11.4. The number of hydrogen-bond acceptors (Lipinski definition) is 5. The zero-order chi connectivity index (χ0) is 14.7. The van der Waals surface area contributed by atoms with E-state index in [9.17, 15) is 0 Å². The summed E-state index contributed by atoms with van der Waals surface area (Å²) in [5, 5.41) is 4.00. The molecule has 110 valence electrons. The maximum absolute atomic E-state index is 6.01. The van der Waals surface area contributed by atoms with Crippen molar-refractivity contribution in [1.82, 2.24) is 15.0 Å². The Morgan fingerprint density at radius 3 is 2.33 bits per heavy atom. The second kappa shape index (κ2) is 6.45. The lowest BCUT2D eigenvalue weighted by atomic mass is 10.1. The molecule has 0 radical (unpaired) electrons. The van der Waals surface area contributed by atoms with Crippen LogP contribution in [-0.4, -0.2) is 28.0 Å². The van der Waals surface area contributed by atoms with Crippen LogP contribution in [0.5, 0.6) is 0 Å². The number of hydrogen-bond donors (Lipinski definition) is 1. The minimum atomic E-state index is 0.196. The molecule has 0 atom stereocenters. The van der Waals surface area contributed by atoms with Gasteiger partial charge in [0.25, 0.3) is 0 Å². The van der Waals surface area contributed by atoms with E-state index >= 15 is 0 Å². The molecule has 1 N–H and O–H groups in total. The summed E-state index contributed by atoms with van der Waals surface area (Å²) in [6.45, 7) is 1.92. The number of rotatable bonds is 3. The van der Waals surface area contributed by atoms with Gasteiger partial charge < -0.3 is 10.2 Å². The number of anilines is 3. The van der Waals surface area contributed by atoms with Crippen LogP contribution in [0.2, 0.25) is 10.3 Å². The number of halogens is 2. The number of nitrogens with zero attached hydrogens (tertiary/aromatic N) is 4. The Hall–Kier alpha value is -1.59. The van der Waals surface area contributed by atoms with Gasteiger partial charge in [0.15, 0.2) is 0 Å². The van der Waals surface area contributed by atoms with Gasteiger partial charge in [0.1, 0.15) is 0 Å². The maximum atomic E-state index is 6.01. The summed E-state index contributed by atoms with van der Waals surface area (Å²) in [7, 11) is 0. The Labute approximate surface area is 133 Å². The van der Waals surface area contributed by atoms with E-state index in [-0.39, 0.29) is 5.28 Å². The normalized spacial score (nSPS) is 15.0. The third kappa shape index (κ3) is 3.74. The molecule has 1 saturated heterocycles. The Morgan fingerprint density at radius 1 is 0.905 bits per heavy atom. The molecule has 0 spiro atoms. The summed E-state index contributed by atoms with van der Waals surface area (Å²) in [5.41, 5.74) is 0.853. The number of aromatic nitrogens is 3. The Balaban J connectivity index is 1.81. The predicted molar refractivity (Wildman–Crippen MR) is 85.6 cm³/mol. The quantitative estimate of drug-likeness (QED) is 0.927. The molecule has 3 rings (SSSR count). The second-order valence-electron chi connectivity index (χ2n) is 4.91. The zero-order valence-corrected chi connectivity index (χ0v) is 12.9. The first-order chi connectivity index (χ1) is 10.2. The van der Waals surface area contributed by atoms with Crippen LogP contribution in [0.3, 0.4) is 0 Å². The number of nitrogens with one attached hydrogen (secondary N) is 1. The highest BCUT2D eigenvalue weighted by Crippen LogP contribution is 2.21. The summed E-state index contributed by atoms with van der Waals surface area (Å²) in [4.78, 5) is 14.9. The van der Waals surface area contributed by atoms with Crippen molar-refractivity contribution < 1.29 is 0 Å². The molecule has 1 aromatic heterocycles. The van der Waals surface area contributed by atoms with Crippen LogP contribution in [-0.2, 0) is 0 Å². The third-order valence-electron chi connectivity index (χ3n) is 3.34. The fourth-order valence-corrected chi connectivity index (χ4v) is 2.57. The van der Waals surface area contributed by atoms with E-state index in [2.05, 4.69) is 25.2 Å². The van der Waals surface area contributed by atoms with Gasteiger partial charge in [0.05, 0.1) is 0 Å². The van der Waals surface area contributed by atoms with Crippen molar-refractivity contribution >= 4 is 40.8 Å². The average molecular weight is 324 g/mol. The van der Waals surface area contributed by atoms with Crippen LogP contribution < -0.4 is 10.2 Å². The van der Waals surface area contributed by atoms with Crippen molar-refractivity contribution in [3.8, 4) is 0 Å². The highest BCUT2D eigenvalue weighted by atomic mass is 35.5. The molecular weight excluding hydrogens is 309 g/mol. The first-order valence-corrected chi connectivity index (χ1v) is 7.65. The maximum Gasteiger partial charge on any atom is 0.233 e. The van der Waals surface area contributed by atoms with E-state index < -0.39 is 0 Å². The van der Waals surface area contributed by atoms with Gasteiger partial charge in [-0.05, 0) is 55.1 Å². The molecule has 2 aromatic rings. The van der Waals surface area contributed by atoms with Gasteiger partial charge >= 0.3 is 0 Å². The fourth-order valence-electron chi connectivity index (χ4n) is 2.29. The Morgan fingerprint density at radius 2 is 1.62 bits per heavy atom. The lowest BCUT2D eigenvalue weighted by Crippen LogP contribution is -2.31. The van der Waals surface area contributed by atoms with Crippen LogP contribution in [0.4, 0.5) is 17.6 Å². The topological polar surface area (TPSA) is 53.9 Å². The van der Waals surface area contributed by atoms with Gasteiger partial charge in [-0.1, -0.05) is 11.6 Å². The van der Waals surface area contributed by atoms with E-state index in [1.165, 1.54) is 6.42 Å². The van der Waals surface area contributed by atoms with Gasteiger partial charge in [-0.3, -0.25) is 0 Å². The molecule has 2 heterocycles. The standard InChI is InChI=1S/C14H15Cl2N5/c15-10-4-6-11(7-5-10)17-13-18-12(16)19-14(20-13)21-8-2-1-3-9-21/h4-7H,1-3,8-9H2,(H,17,18,19,20). The molecule has 0 amide bonds. The molecule has 1 fully saturated rings. The van der Waals surface area contributed by atoms with E-state index in [1.807, 2.05) is 12.1 Å². The van der Waals surface area contributed by atoms with Crippen molar-refractivity contribution in [1.29, 1.82) is 0 Å². The van der Waals surface area contributed by atoms with Crippen molar-refractivity contribution in [3.05, 3.63) is 34.6 Å². The highest BCUT2D eigenvalue weighted by Gasteiger charge is 2.15. The largest absolute Gasteiger partial charge is 0.341 e. The molecule has 0 bridgehead atoms. The van der Waals surface area contributed by atoms with E-state index in [4.69, 9.17) is 23.2 Å². The Kier molecular flexibility index (Phi) is 4.41. The van der Waals surface area contributed by atoms with E-state index in [0.29, 0.717) is 16.9 Å². The van der Waals surface area contributed by atoms with Gasteiger partial charge in [-0.15, -0.1) is 0 Å². The molecule has 0 aliphatic carbocycles. The minimum absolute atomic E-state index is 0.196. The molecule has 5 nitrogen and oxygen atoms in total. The summed E-state index contributed by atoms with van der Waals surface area (Å²) < 4.78 is 0. The fraction of sp³-hybridized carbons (Fsp3) is 0.357. The average Bonchev–Trinajstić information content (AvgIpc) is 2.50. The smallest absolute Gasteiger partial charge is 0.233 e. The summed E-state index contributed by atoms with van der Waals surface area (Å²) in [6.07, 6.45) is 3.57. The molecule has 0 unspecified atom stereocenters. The SMILES string of the molecule is Clc1ccc(Nc2nc(Cl)nc(N3CCCCC3)n2)cc1. The van der Waals surface area contributed by atoms with Gasteiger partial charge in [-0.25, -0.2) is 0 Å². The first-order valence-electron chi connectivity index (χ1n) is 6.90. The molecular formula is C14H15Cl2N5. The van der Waals surface area contributed by atoms with E-state index in [1.54, 1.807) is 12.1 Å². The van der Waals surface area contributed by atoms with E-state index in [0.717, 1.165) is 31.6 Å². The van der Waals surface area contributed by atoms with Crippen LogP contribution in [0.25, 0.3) is 0 Å². The van der Waals surface area contributed by atoms with Crippen LogP contribution in [0, 0.1) is 0 Å². The van der Waals surface area contributed by atoms with Gasteiger partial charge in [-0.2, -0.15) is 15.0 Å². The number of benzene rings is 1. The van der Waals surface area contributed by atoms with Gasteiger partial charge in [0, 0.05) is 23.8 Å². The lowest BCUT2D eigenvalue weighted by molar-refractivity contribution is 0.567. The first kappa shape index (κ1) is 14.4. The highest BCUT2D eigenvalue weighted by molar-refractivity contribution is 6.30. The van der Waals surface area contributed by atoms with Gasteiger partial charge in [0.2, 0.25) is 17.2 Å². The van der Waals surface area contributed by atoms with Crippen LogP contribution >= 0.6 is 23.2 Å².